The standard InChI is InChI=1S/C16H24O3/c1-3-5-7-12-15(14-10-8-6-9-11-14)19-16(17)18-13-4-2/h6,8-11,15H,3-5,7,12-13H2,1-2H3. The summed E-state index contributed by atoms with van der Waals surface area (Å²) in [5, 5.41) is 0. The van der Waals surface area contributed by atoms with Gasteiger partial charge in [-0.2, -0.15) is 0 Å². The van der Waals surface area contributed by atoms with Crippen molar-refractivity contribution in [2.45, 2.75) is 52.1 Å². The predicted molar refractivity (Wildman–Crippen MR) is 76.0 cm³/mol. The molecule has 0 amide bonds. The van der Waals surface area contributed by atoms with Crippen LogP contribution >= 0.6 is 0 Å². The van der Waals surface area contributed by atoms with Crippen molar-refractivity contribution < 1.29 is 14.3 Å². The van der Waals surface area contributed by atoms with Gasteiger partial charge in [0.25, 0.3) is 0 Å². The molecule has 106 valence electrons. The molecule has 0 fully saturated rings. The van der Waals surface area contributed by atoms with Crippen LogP contribution in [0.15, 0.2) is 30.3 Å². The minimum Gasteiger partial charge on any atom is -0.434 e. The third-order valence-electron chi connectivity index (χ3n) is 2.90. The van der Waals surface area contributed by atoms with Gasteiger partial charge in [-0.25, -0.2) is 4.79 Å². The minimum absolute atomic E-state index is 0.197. The number of rotatable bonds is 8. The lowest BCUT2D eigenvalue weighted by molar-refractivity contribution is 0.0191. The van der Waals surface area contributed by atoms with E-state index in [2.05, 4.69) is 6.92 Å². The van der Waals surface area contributed by atoms with Crippen LogP contribution in [0.25, 0.3) is 0 Å². The first-order valence-electron chi connectivity index (χ1n) is 7.16. The summed E-state index contributed by atoms with van der Waals surface area (Å²) in [4.78, 5) is 11.6. The molecular formula is C16H24O3. The van der Waals surface area contributed by atoms with E-state index < -0.39 is 6.16 Å². The van der Waals surface area contributed by atoms with Crippen LogP contribution in [0.1, 0.15) is 57.6 Å². The number of unbranched alkanes of at least 4 members (excludes halogenated alkanes) is 2. The Morgan fingerprint density at radius 1 is 1.11 bits per heavy atom. The minimum atomic E-state index is -0.563. The summed E-state index contributed by atoms with van der Waals surface area (Å²) in [6, 6.07) is 9.86. The van der Waals surface area contributed by atoms with Gasteiger partial charge in [0.05, 0.1) is 6.61 Å². The van der Waals surface area contributed by atoms with E-state index in [0.29, 0.717) is 6.61 Å². The van der Waals surface area contributed by atoms with Crippen molar-refractivity contribution in [3.63, 3.8) is 0 Å². The molecule has 0 heterocycles. The van der Waals surface area contributed by atoms with Crippen LogP contribution in [0, 0.1) is 0 Å². The van der Waals surface area contributed by atoms with Crippen LogP contribution in [0.5, 0.6) is 0 Å². The van der Waals surface area contributed by atoms with Gasteiger partial charge in [0.1, 0.15) is 6.10 Å². The number of hydrogen-bond donors (Lipinski definition) is 0. The second-order valence-electron chi connectivity index (χ2n) is 4.61. The Morgan fingerprint density at radius 2 is 1.84 bits per heavy atom. The molecule has 1 rings (SSSR count). The molecule has 0 N–H and O–H groups in total. The Bertz CT molecular complexity index is 348. The van der Waals surface area contributed by atoms with E-state index >= 15 is 0 Å². The molecule has 0 spiro atoms. The van der Waals surface area contributed by atoms with Gasteiger partial charge in [0, 0.05) is 0 Å². The Labute approximate surface area is 115 Å². The van der Waals surface area contributed by atoms with Crippen molar-refractivity contribution in [3.05, 3.63) is 35.9 Å². The first-order valence-corrected chi connectivity index (χ1v) is 7.16. The molecule has 19 heavy (non-hydrogen) atoms. The second-order valence-corrected chi connectivity index (χ2v) is 4.61. The summed E-state index contributed by atoms with van der Waals surface area (Å²) >= 11 is 0. The van der Waals surface area contributed by atoms with Gasteiger partial charge in [-0.05, 0) is 24.8 Å². The molecule has 0 aliphatic heterocycles. The lowest BCUT2D eigenvalue weighted by Gasteiger charge is -2.17. The maximum absolute atomic E-state index is 11.6. The van der Waals surface area contributed by atoms with E-state index in [1.165, 1.54) is 0 Å². The normalized spacial score (nSPS) is 11.9. The largest absolute Gasteiger partial charge is 0.508 e. The monoisotopic (exact) mass is 264 g/mol. The van der Waals surface area contributed by atoms with E-state index in [9.17, 15) is 4.79 Å². The van der Waals surface area contributed by atoms with Gasteiger partial charge in [-0.3, -0.25) is 0 Å². The van der Waals surface area contributed by atoms with Crippen LogP contribution in [0.3, 0.4) is 0 Å². The van der Waals surface area contributed by atoms with Crippen LogP contribution < -0.4 is 0 Å². The Balaban J connectivity index is 2.56. The zero-order valence-corrected chi connectivity index (χ0v) is 11.9. The topological polar surface area (TPSA) is 35.5 Å². The van der Waals surface area contributed by atoms with E-state index in [1.807, 2.05) is 37.3 Å². The Hall–Kier alpha value is -1.51. The van der Waals surface area contributed by atoms with Crippen molar-refractivity contribution >= 4 is 6.16 Å². The zero-order valence-electron chi connectivity index (χ0n) is 11.9. The first-order chi connectivity index (χ1) is 9.27. The molecule has 0 bridgehead atoms. The highest BCUT2D eigenvalue weighted by Crippen LogP contribution is 2.24. The summed E-state index contributed by atoms with van der Waals surface area (Å²) in [6.45, 7) is 4.53. The molecule has 0 saturated carbocycles. The van der Waals surface area contributed by atoms with Crippen molar-refractivity contribution in [1.29, 1.82) is 0 Å². The second kappa shape index (κ2) is 9.42. The van der Waals surface area contributed by atoms with E-state index in [0.717, 1.165) is 37.7 Å². The molecule has 1 aromatic carbocycles. The summed E-state index contributed by atoms with van der Waals surface area (Å²) < 4.78 is 10.4. The Kier molecular flexibility index (Phi) is 7.71. The van der Waals surface area contributed by atoms with E-state index in [-0.39, 0.29) is 6.10 Å². The van der Waals surface area contributed by atoms with Gasteiger partial charge >= 0.3 is 6.16 Å². The van der Waals surface area contributed by atoms with Crippen LogP contribution in [0.2, 0.25) is 0 Å². The maximum atomic E-state index is 11.6. The smallest absolute Gasteiger partial charge is 0.434 e. The fraction of sp³-hybridized carbons (Fsp3) is 0.562. The molecule has 1 atom stereocenters. The maximum Gasteiger partial charge on any atom is 0.508 e. The average molecular weight is 264 g/mol. The highest BCUT2D eigenvalue weighted by molar-refractivity contribution is 5.60. The summed E-state index contributed by atoms with van der Waals surface area (Å²) in [7, 11) is 0. The molecule has 0 aliphatic carbocycles. The van der Waals surface area contributed by atoms with Gasteiger partial charge in [-0.1, -0.05) is 57.0 Å². The number of carbonyl (C=O) groups is 1. The number of benzene rings is 1. The molecule has 0 radical (unpaired) electrons. The summed E-state index contributed by atoms with van der Waals surface area (Å²) in [6.07, 6.45) is 4.25. The molecule has 0 saturated heterocycles. The zero-order chi connectivity index (χ0) is 13.9. The molecule has 3 nitrogen and oxygen atoms in total. The van der Waals surface area contributed by atoms with Gasteiger partial charge < -0.3 is 9.47 Å². The van der Waals surface area contributed by atoms with Crippen LogP contribution in [-0.4, -0.2) is 12.8 Å². The quantitative estimate of drug-likeness (QED) is 0.496. The van der Waals surface area contributed by atoms with Crippen molar-refractivity contribution in [2.24, 2.45) is 0 Å². The highest BCUT2D eigenvalue weighted by Gasteiger charge is 2.16. The SMILES string of the molecule is CCCCCC(OC(=O)OCCC)c1ccccc1. The first kappa shape index (κ1) is 15.5. The lowest BCUT2D eigenvalue weighted by Crippen LogP contribution is -2.13. The molecule has 3 heteroatoms. The van der Waals surface area contributed by atoms with Gasteiger partial charge in [0.2, 0.25) is 0 Å². The summed E-state index contributed by atoms with van der Waals surface area (Å²) in [5.74, 6) is 0. The van der Waals surface area contributed by atoms with Crippen molar-refractivity contribution in [1.82, 2.24) is 0 Å². The average Bonchev–Trinajstić information content (AvgIpc) is 2.45. The fourth-order valence-corrected chi connectivity index (χ4v) is 1.88. The molecule has 1 unspecified atom stereocenters. The summed E-state index contributed by atoms with van der Waals surface area (Å²) in [5.41, 5.74) is 1.03. The molecule has 0 aromatic heterocycles. The number of ether oxygens (including phenoxy) is 2. The fourth-order valence-electron chi connectivity index (χ4n) is 1.88. The third-order valence-corrected chi connectivity index (χ3v) is 2.90. The predicted octanol–water partition coefficient (Wildman–Crippen LogP) is 4.87. The molecule has 0 aliphatic rings. The van der Waals surface area contributed by atoms with Gasteiger partial charge in [-0.15, -0.1) is 0 Å². The van der Waals surface area contributed by atoms with Crippen molar-refractivity contribution in [2.75, 3.05) is 6.61 Å². The van der Waals surface area contributed by atoms with Crippen LogP contribution in [-0.2, 0) is 9.47 Å². The molecule has 1 aromatic rings. The third kappa shape index (κ3) is 6.27. The van der Waals surface area contributed by atoms with Crippen LogP contribution in [0.4, 0.5) is 4.79 Å². The van der Waals surface area contributed by atoms with E-state index in [1.54, 1.807) is 0 Å². The van der Waals surface area contributed by atoms with Gasteiger partial charge in [0.15, 0.2) is 0 Å². The molecular weight excluding hydrogens is 240 g/mol. The number of hydrogen-bond acceptors (Lipinski definition) is 3. The lowest BCUT2D eigenvalue weighted by atomic mass is 10.0. The Morgan fingerprint density at radius 3 is 2.47 bits per heavy atom. The van der Waals surface area contributed by atoms with E-state index in [4.69, 9.17) is 9.47 Å². The number of carbonyl (C=O) groups excluding carboxylic acids is 1. The van der Waals surface area contributed by atoms with Crippen molar-refractivity contribution in [3.8, 4) is 0 Å². The highest BCUT2D eigenvalue weighted by atomic mass is 16.7.